The molecule has 0 amide bonds. The van der Waals surface area contributed by atoms with Crippen molar-refractivity contribution in [2.24, 2.45) is 0 Å². The van der Waals surface area contributed by atoms with Gasteiger partial charge in [-0.25, -0.2) is 0 Å². The Morgan fingerprint density at radius 1 is 1.20 bits per heavy atom. The second-order valence-electron chi connectivity index (χ2n) is 5.98. The van der Waals surface area contributed by atoms with Crippen LogP contribution in [0.1, 0.15) is 44.1 Å². The van der Waals surface area contributed by atoms with E-state index in [1.54, 1.807) is 18.3 Å². The van der Waals surface area contributed by atoms with E-state index in [1.807, 2.05) is 6.07 Å². The van der Waals surface area contributed by atoms with Crippen molar-refractivity contribution in [3.05, 3.63) is 41.0 Å². The molecule has 0 radical (unpaired) electrons. The van der Waals surface area contributed by atoms with Crippen molar-refractivity contribution in [3.8, 4) is 5.75 Å². The molecule has 20 heavy (non-hydrogen) atoms. The molecule has 2 heteroatoms. The van der Waals surface area contributed by atoms with Crippen molar-refractivity contribution in [1.29, 1.82) is 0 Å². The van der Waals surface area contributed by atoms with Crippen molar-refractivity contribution in [3.63, 3.8) is 0 Å². The van der Waals surface area contributed by atoms with E-state index in [0.717, 1.165) is 12.2 Å². The van der Waals surface area contributed by atoms with Gasteiger partial charge < -0.3 is 10.1 Å². The second kappa shape index (κ2) is 6.45. The Kier molecular flexibility index (Phi) is 4.41. The highest BCUT2D eigenvalue weighted by Gasteiger charge is 2.24. The highest BCUT2D eigenvalue weighted by atomic mass is 16.5. The Hall–Kier alpha value is -1.28. The summed E-state index contributed by atoms with van der Waals surface area (Å²) in [5.74, 6) is 0.969. The Balaban J connectivity index is 1.65. The topological polar surface area (TPSA) is 21.3 Å². The standard InChI is InChI=1S/C18H25NO/c1-20-16-7-4-5-14(13-16)9-10-18-17-8-3-2-6-15(17)11-12-19-18/h4-5,7,13,18-19H,2-3,6,8-12H2,1H3. The van der Waals surface area contributed by atoms with E-state index in [2.05, 4.69) is 23.5 Å². The number of ether oxygens (including phenoxy) is 1. The highest BCUT2D eigenvalue weighted by molar-refractivity contribution is 5.30. The number of hydrogen-bond acceptors (Lipinski definition) is 2. The fourth-order valence-corrected chi connectivity index (χ4v) is 3.63. The minimum atomic E-state index is 0.616. The first kappa shape index (κ1) is 13.7. The van der Waals surface area contributed by atoms with Crippen molar-refractivity contribution in [2.45, 2.75) is 51.0 Å². The van der Waals surface area contributed by atoms with Crippen LogP contribution in [0, 0.1) is 0 Å². The number of nitrogens with one attached hydrogen (secondary N) is 1. The lowest BCUT2D eigenvalue weighted by Crippen LogP contribution is -2.37. The van der Waals surface area contributed by atoms with Gasteiger partial charge in [0.05, 0.1) is 7.11 Å². The third kappa shape index (κ3) is 3.06. The van der Waals surface area contributed by atoms with Crippen LogP contribution in [-0.2, 0) is 6.42 Å². The summed E-state index contributed by atoms with van der Waals surface area (Å²) in [5.41, 5.74) is 4.89. The molecule has 0 bridgehead atoms. The summed E-state index contributed by atoms with van der Waals surface area (Å²) in [4.78, 5) is 0. The minimum Gasteiger partial charge on any atom is -0.497 e. The van der Waals surface area contributed by atoms with Crippen LogP contribution in [0.4, 0.5) is 0 Å². The SMILES string of the molecule is COc1cccc(CCC2NCCC3=C2CCCC3)c1. The summed E-state index contributed by atoms with van der Waals surface area (Å²) >= 11 is 0. The molecule has 1 N–H and O–H groups in total. The van der Waals surface area contributed by atoms with Crippen molar-refractivity contribution in [2.75, 3.05) is 13.7 Å². The van der Waals surface area contributed by atoms with Crippen LogP contribution < -0.4 is 10.1 Å². The summed E-state index contributed by atoms with van der Waals surface area (Å²) < 4.78 is 5.31. The van der Waals surface area contributed by atoms with Crippen LogP contribution in [0.25, 0.3) is 0 Å². The van der Waals surface area contributed by atoms with Crippen LogP contribution >= 0.6 is 0 Å². The largest absolute Gasteiger partial charge is 0.497 e. The maximum Gasteiger partial charge on any atom is 0.119 e. The Morgan fingerprint density at radius 2 is 2.10 bits per heavy atom. The molecular formula is C18H25NO. The average Bonchev–Trinajstić information content (AvgIpc) is 2.53. The predicted molar refractivity (Wildman–Crippen MR) is 83.2 cm³/mol. The fraction of sp³-hybridized carbons (Fsp3) is 0.556. The number of aryl methyl sites for hydroxylation is 1. The zero-order valence-corrected chi connectivity index (χ0v) is 12.5. The molecule has 1 aliphatic heterocycles. The van der Waals surface area contributed by atoms with E-state index in [0.29, 0.717) is 6.04 Å². The number of hydrogen-bond donors (Lipinski definition) is 1. The van der Waals surface area contributed by atoms with E-state index < -0.39 is 0 Å². The first-order valence-electron chi connectivity index (χ1n) is 7.94. The van der Waals surface area contributed by atoms with Gasteiger partial charge in [-0.15, -0.1) is 0 Å². The maximum absolute atomic E-state index is 5.31. The molecule has 0 aromatic heterocycles. The quantitative estimate of drug-likeness (QED) is 0.840. The summed E-state index contributed by atoms with van der Waals surface area (Å²) in [5, 5.41) is 3.73. The third-order valence-electron chi connectivity index (χ3n) is 4.72. The number of methoxy groups -OCH3 is 1. The number of benzene rings is 1. The van der Waals surface area contributed by atoms with Crippen molar-refractivity contribution < 1.29 is 4.74 Å². The van der Waals surface area contributed by atoms with Gasteiger partial charge in [-0.1, -0.05) is 23.3 Å². The average molecular weight is 271 g/mol. The lowest BCUT2D eigenvalue weighted by atomic mass is 9.82. The molecule has 1 aliphatic carbocycles. The smallest absolute Gasteiger partial charge is 0.119 e. The molecule has 2 nitrogen and oxygen atoms in total. The van der Waals surface area contributed by atoms with Crippen molar-refractivity contribution in [1.82, 2.24) is 5.32 Å². The summed E-state index contributed by atoms with van der Waals surface area (Å²) in [6.45, 7) is 1.17. The fourth-order valence-electron chi connectivity index (χ4n) is 3.63. The normalized spacial score (nSPS) is 22.6. The molecule has 0 spiro atoms. The highest BCUT2D eigenvalue weighted by Crippen LogP contribution is 2.33. The zero-order valence-electron chi connectivity index (χ0n) is 12.5. The van der Waals surface area contributed by atoms with Gasteiger partial charge in [0.15, 0.2) is 0 Å². The third-order valence-corrected chi connectivity index (χ3v) is 4.72. The molecule has 108 valence electrons. The van der Waals surface area contributed by atoms with Gasteiger partial charge in [-0.2, -0.15) is 0 Å². The zero-order chi connectivity index (χ0) is 13.8. The summed E-state index contributed by atoms with van der Waals surface area (Å²) in [7, 11) is 1.74. The molecular weight excluding hydrogens is 246 g/mol. The van der Waals surface area contributed by atoms with Crippen LogP contribution in [0.5, 0.6) is 5.75 Å². The molecule has 2 aliphatic rings. The van der Waals surface area contributed by atoms with Gasteiger partial charge in [-0.3, -0.25) is 0 Å². The lowest BCUT2D eigenvalue weighted by Gasteiger charge is -2.33. The summed E-state index contributed by atoms with van der Waals surface area (Å²) in [6.07, 6.45) is 9.10. The van der Waals surface area contributed by atoms with Gasteiger partial charge in [-0.05, 0) is 69.2 Å². The van der Waals surface area contributed by atoms with Crippen LogP contribution in [0.2, 0.25) is 0 Å². The van der Waals surface area contributed by atoms with Crippen LogP contribution in [-0.4, -0.2) is 19.7 Å². The molecule has 1 aromatic carbocycles. The van der Waals surface area contributed by atoms with Crippen molar-refractivity contribution >= 4 is 0 Å². The Labute approximate surface area is 122 Å². The van der Waals surface area contributed by atoms with Gasteiger partial charge in [0.2, 0.25) is 0 Å². The van der Waals surface area contributed by atoms with E-state index in [-0.39, 0.29) is 0 Å². The van der Waals surface area contributed by atoms with E-state index in [1.165, 1.54) is 50.6 Å². The Morgan fingerprint density at radius 3 is 3.00 bits per heavy atom. The summed E-state index contributed by atoms with van der Waals surface area (Å²) in [6, 6.07) is 9.10. The molecule has 1 heterocycles. The van der Waals surface area contributed by atoms with Gasteiger partial charge in [0.1, 0.15) is 5.75 Å². The molecule has 1 atom stereocenters. The first-order chi connectivity index (χ1) is 9.86. The monoisotopic (exact) mass is 271 g/mol. The first-order valence-corrected chi connectivity index (χ1v) is 7.94. The second-order valence-corrected chi connectivity index (χ2v) is 5.98. The van der Waals surface area contributed by atoms with E-state index >= 15 is 0 Å². The van der Waals surface area contributed by atoms with E-state index in [9.17, 15) is 0 Å². The van der Waals surface area contributed by atoms with E-state index in [4.69, 9.17) is 4.74 Å². The molecule has 1 unspecified atom stereocenters. The minimum absolute atomic E-state index is 0.616. The Bertz CT molecular complexity index is 488. The lowest BCUT2D eigenvalue weighted by molar-refractivity contribution is 0.413. The van der Waals surface area contributed by atoms with Crippen LogP contribution in [0.3, 0.4) is 0 Å². The molecule has 0 fully saturated rings. The van der Waals surface area contributed by atoms with Crippen LogP contribution in [0.15, 0.2) is 35.4 Å². The maximum atomic E-state index is 5.31. The predicted octanol–water partition coefficient (Wildman–Crippen LogP) is 3.86. The van der Waals surface area contributed by atoms with Gasteiger partial charge in [0, 0.05) is 6.04 Å². The molecule has 0 saturated carbocycles. The molecule has 0 saturated heterocycles. The van der Waals surface area contributed by atoms with Gasteiger partial charge in [0.25, 0.3) is 0 Å². The van der Waals surface area contributed by atoms with Gasteiger partial charge >= 0.3 is 0 Å². The molecule has 1 aromatic rings. The number of rotatable bonds is 4. The molecule has 3 rings (SSSR count).